The van der Waals surface area contributed by atoms with Gasteiger partial charge in [0, 0.05) is 10.5 Å². The van der Waals surface area contributed by atoms with E-state index in [0.717, 1.165) is 10.0 Å². The number of benzene rings is 1. The van der Waals surface area contributed by atoms with Gasteiger partial charge in [-0.1, -0.05) is 28.1 Å². The number of rotatable bonds is 6. The van der Waals surface area contributed by atoms with Gasteiger partial charge in [-0.15, -0.1) is 0 Å². The third-order valence-electron chi connectivity index (χ3n) is 2.97. The molecule has 0 unspecified atom stereocenters. The van der Waals surface area contributed by atoms with Crippen molar-refractivity contribution in [3.63, 3.8) is 0 Å². The fourth-order valence-corrected chi connectivity index (χ4v) is 2.08. The summed E-state index contributed by atoms with van der Waals surface area (Å²) in [6, 6.07) is 10.7. The van der Waals surface area contributed by atoms with E-state index in [2.05, 4.69) is 21.2 Å². The number of halogens is 1. The largest absolute Gasteiger partial charge is 0.467 e. The monoisotopic (exact) mass is 377 g/mol. The quantitative estimate of drug-likeness (QED) is 0.617. The molecule has 0 saturated heterocycles. The molecule has 0 fully saturated rings. The Kier molecular flexibility index (Phi) is 6.17. The summed E-state index contributed by atoms with van der Waals surface area (Å²) in [5.74, 6) is -0.326. The molecule has 2 aromatic rings. The average molecular weight is 378 g/mol. The van der Waals surface area contributed by atoms with Gasteiger partial charge in [-0.05, 0) is 42.8 Å². The Balaban J connectivity index is 1.75. The number of hydrogen-bond donors (Lipinski definition) is 1. The SMILES string of the molecule is C[C@@H](NC(=O)COC(=O)/C=C/c1ccc(Br)cc1)c1ccco1. The van der Waals surface area contributed by atoms with Gasteiger partial charge < -0.3 is 14.5 Å². The van der Waals surface area contributed by atoms with Crippen LogP contribution in [0.4, 0.5) is 0 Å². The molecule has 1 aromatic heterocycles. The number of hydrogen-bond acceptors (Lipinski definition) is 4. The minimum Gasteiger partial charge on any atom is -0.467 e. The first-order valence-electron chi connectivity index (χ1n) is 6.98. The third-order valence-corrected chi connectivity index (χ3v) is 3.50. The average Bonchev–Trinajstić information content (AvgIpc) is 3.07. The van der Waals surface area contributed by atoms with Crippen LogP contribution in [0.5, 0.6) is 0 Å². The van der Waals surface area contributed by atoms with Crippen LogP contribution >= 0.6 is 15.9 Å². The molecule has 1 atom stereocenters. The van der Waals surface area contributed by atoms with Crippen molar-refractivity contribution in [2.75, 3.05) is 6.61 Å². The fraction of sp³-hybridized carbons (Fsp3) is 0.176. The summed E-state index contributed by atoms with van der Waals surface area (Å²) in [5.41, 5.74) is 0.862. The zero-order chi connectivity index (χ0) is 16.7. The minimum atomic E-state index is -0.575. The Morgan fingerprint density at radius 3 is 2.70 bits per heavy atom. The Labute approximate surface area is 142 Å². The first kappa shape index (κ1) is 17.0. The Bertz CT molecular complexity index is 677. The van der Waals surface area contributed by atoms with Gasteiger partial charge in [0.1, 0.15) is 5.76 Å². The van der Waals surface area contributed by atoms with Crippen molar-refractivity contribution in [3.05, 3.63) is 64.5 Å². The summed E-state index contributed by atoms with van der Waals surface area (Å²) in [7, 11) is 0. The predicted octanol–water partition coefficient (Wildman–Crippen LogP) is 3.48. The molecule has 23 heavy (non-hydrogen) atoms. The lowest BCUT2D eigenvalue weighted by Crippen LogP contribution is -2.30. The summed E-state index contributed by atoms with van der Waals surface area (Å²) >= 11 is 3.33. The molecular weight excluding hydrogens is 362 g/mol. The zero-order valence-electron chi connectivity index (χ0n) is 12.5. The van der Waals surface area contributed by atoms with Crippen LogP contribution in [0.3, 0.4) is 0 Å². The molecule has 1 aromatic carbocycles. The molecule has 120 valence electrons. The van der Waals surface area contributed by atoms with E-state index in [0.29, 0.717) is 5.76 Å². The lowest BCUT2D eigenvalue weighted by molar-refractivity contribution is -0.144. The molecule has 0 aliphatic rings. The molecule has 1 N–H and O–H groups in total. The van der Waals surface area contributed by atoms with E-state index in [-0.39, 0.29) is 18.6 Å². The molecule has 1 amide bonds. The van der Waals surface area contributed by atoms with Crippen LogP contribution in [-0.2, 0) is 14.3 Å². The maximum Gasteiger partial charge on any atom is 0.331 e. The highest BCUT2D eigenvalue weighted by Crippen LogP contribution is 2.12. The number of furan rings is 1. The minimum absolute atomic E-state index is 0.283. The van der Waals surface area contributed by atoms with Crippen LogP contribution in [0.15, 0.2) is 57.6 Å². The molecule has 0 saturated carbocycles. The molecule has 0 aliphatic heterocycles. The molecule has 0 radical (unpaired) electrons. The fourth-order valence-electron chi connectivity index (χ4n) is 1.81. The smallest absolute Gasteiger partial charge is 0.331 e. The van der Waals surface area contributed by atoms with Crippen LogP contribution in [0.1, 0.15) is 24.3 Å². The van der Waals surface area contributed by atoms with Crippen LogP contribution in [0.2, 0.25) is 0 Å². The second-order valence-electron chi connectivity index (χ2n) is 4.80. The normalized spacial score (nSPS) is 12.1. The van der Waals surface area contributed by atoms with Gasteiger partial charge in [0.05, 0.1) is 12.3 Å². The summed E-state index contributed by atoms with van der Waals surface area (Å²) in [6.45, 7) is 1.44. The second kappa shape index (κ2) is 8.33. The van der Waals surface area contributed by atoms with Crippen molar-refractivity contribution in [2.24, 2.45) is 0 Å². The first-order chi connectivity index (χ1) is 11.0. The van der Waals surface area contributed by atoms with Crippen molar-refractivity contribution in [1.29, 1.82) is 0 Å². The zero-order valence-corrected chi connectivity index (χ0v) is 14.1. The maximum absolute atomic E-state index is 11.7. The van der Waals surface area contributed by atoms with Crippen molar-refractivity contribution in [1.82, 2.24) is 5.32 Å². The van der Waals surface area contributed by atoms with E-state index >= 15 is 0 Å². The van der Waals surface area contributed by atoms with Crippen molar-refractivity contribution < 1.29 is 18.7 Å². The molecule has 5 nitrogen and oxygen atoms in total. The van der Waals surface area contributed by atoms with Gasteiger partial charge in [-0.25, -0.2) is 4.79 Å². The number of esters is 1. The van der Waals surface area contributed by atoms with E-state index < -0.39 is 5.97 Å². The number of amides is 1. The van der Waals surface area contributed by atoms with Gasteiger partial charge in [0.25, 0.3) is 5.91 Å². The van der Waals surface area contributed by atoms with Gasteiger partial charge in [0.2, 0.25) is 0 Å². The van der Waals surface area contributed by atoms with Gasteiger partial charge in [-0.3, -0.25) is 4.79 Å². The number of carbonyl (C=O) groups is 2. The molecule has 0 bridgehead atoms. The number of nitrogens with one attached hydrogen (secondary N) is 1. The highest BCUT2D eigenvalue weighted by Gasteiger charge is 2.12. The summed E-state index contributed by atoms with van der Waals surface area (Å²) in [4.78, 5) is 23.3. The van der Waals surface area contributed by atoms with Crippen molar-refractivity contribution >= 4 is 33.9 Å². The van der Waals surface area contributed by atoms with Crippen molar-refractivity contribution in [2.45, 2.75) is 13.0 Å². The molecule has 0 spiro atoms. The summed E-state index contributed by atoms with van der Waals surface area (Å²) in [5, 5.41) is 2.68. The second-order valence-corrected chi connectivity index (χ2v) is 5.71. The Hall–Kier alpha value is -2.34. The lowest BCUT2D eigenvalue weighted by Gasteiger charge is -2.11. The van der Waals surface area contributed by atoms with Crippen LogP contribution < -0.4 is 5.32 Å². The van der Waals surface area contributed by atoms with E-state index in [1.807, 2.05) is 24.3 Å². The Morgan fingerprint density at radius 1 is 1.30 bits per heavy atom. The van der Waals surface area contributed by atoms with Gasteiger partial charge >= 0.3 is 5.97 Å². The van der Waals surface area contributed by atoms with Crippen LogP contribution in [0, 0.1) is 0 Å². The van der Waals surface area contributed by atoms with E-state index in [9.17, 15) is 9.59 Å². The van der Waals surface area contributed by atoms with Gasteiger partial charge in [-0.2, -0.15) is 0 Å². The number of carbonyl (C=O) groups excluding carboxylic acids is 2. The standard InChI is InChI=1S/C17H16BrNO4/c1-12(15-3-2-10-22-15)19-16(20)11-23-17(21)9-6-13-4-7-14(18)8-5-13/h2-10,12H,11H2,1H3,(H,19,20)/b9-6+/t12-/m1/s1. The van der Waals surface area contributed by atoms with Crippen molar-refractivity contribution in [3.8, 4) is 0 Å². The number of ether oxygens (including phenoxy) is 1. The molecule has 0 aliphatic carbocycles. The van der Waals surface area contributed by atoms with E-state index in [1.54, 1.807) is 25.1 Å². The summed E-state index contributed by atoms with van der Waals surface area (Å²) < 4.78 is 11.0. The lowest BCUT2D eigenvalue weighted by atomic mass is 10.2. The molecule has 6 heteroatoms. The third kappa shape index (κ3) is 5.75. The Morgan fingerprint density at radius 2 is 2.04 bits per heavy atom. The first-order valence-corrected chi connectivity index (χ1v) is 7.77. The highest BCUT2D eigenvalue weighted by atomic mass is 79.9. The maximum atomic E-state index is 11.7. The molecule has 2 rings (SSSR count). The van der Waals surface area contributed by atoms with E-state index in [4.69, 9.17) is 9.15 Å². The molecular formula is C17H16BrNO4. The highest BCUT2D eigenvalue weighted by molar-refractivity contribution is 9.10. The predicted molar refractivity (Wildman–Crippen MR) is 89.4 cm³/mol. The summed E-state index contributed by atoms with van der Waals surface area (Å²) in [6.07, 6.45) is 4.44. The van der Waals surface area contributed by atoms with Crippen LogP contribution in [-0.4, -0.2) is 18.5 Å². The van der Waals surface area contributed by atoms with Gasteiger partial charge in [0.15, 0.2) is 6.61 Å². The topological polar surface area (TPSA) is 68.5 Å². The van der Waals surface area contributed by atoms with E-state index in [1.165, 1.54) is 12.3 Å². The van der Waals surface area contributed by atoms with Crippen LogP contribution in [0.25, 0.3) is 6.08 Å². The molecule has 1 heterocycles.